The van der Waals surface area contributed by atoms with E-state index in [1.54, 1.807) is 0 Å². The van der Waals surface area contributed by atoms with Gasteiger partial charge in [0.2, 0.25) is 0 Å². The van der Waals surface area contributed by atoms with Crippen LogP contribution in [0.5, 0.6) is 0 Å². The van der Waals surface area contributed by atoms with Crippen molar-refractivity contribution < 1.29 is 0 Å². The third-order valence-electron chi connectivity index (χ3n) is 9.52. The predicted molar refractivity (Wildman–Crippen MR) is 200 cm³/mol. The van der Waals surface area contributed by atoms with E-state index in [0.29, 0.717) is 0 Å². The smallest absolute Gasteiger partial charge is 0.0726 e. The van der Waals surface area contributed by atoms with Crippen LogP contribution in [0, 0.1) is 0 Å². The molecule has 0 spiro atoms. The van der Waals surface area contributed by atoms with Gasteiger partial charge in [0, 0.05) is 37.3 Å². The van der Waals surface area contributed by atoms with E-state index in [2.05, 4.69) is 168 Å². The molecule has 2 aromatic heterocycles. The molecule has 0 saturated carbocycles. The van der Waals surface area contributed by atoms with E-state index < -0.39 is 0 Å². The summed E-state index contributed by atoms with van der Waals surface area (Å²) < 4.78 is 5.23. The number of aromatic nitrogens is 1. The van der Waals surface area contributed by atoms with Crippen LogP contribution in [0.15, 0.2) is 164 Å². The van der Waals surface area contributed by atoms with Crippen molar-refractivity contribution in [2.45, 2.75) is 0 Å². The molecule has 46 heavy (non-hydrogen) atoms. The molecule has 0 fully saturated rings. The van der Waals surface area contributed by atoms with Gasteiger partial charge in [-0.05, 0) is 62.7 Å². The van der Waals surface area contributed by atoms with Crippen molar-refractivity contribution in [1.82, 2.24) is 4.57 Å². The van der Waals surface area contributed by atoms with Gasteiger partial charge in [-0.25, -0.2) is 0 Å². The first-order valence-electron chi connectivity index (χ1n) is 15.8. The summed E-state index contributed by atoms with van der Waals surface area (Å²) in [5, 5.41) is 10.4. The first-order chi connectivity index (χ1) is 22.8. The minimum Gasteiger partial charge on any atom is -0.307 e. The van der Waals surface area contributed by atoms with Gasteiger partial charge in [-0.15, -0.1) is 11.3 Å². The van der Waals surface area contributed by atoms with Crippen LogP contribution in [0.1, 0.15) is 0 Å². The van der Waals surface area contributed by atoms with Gasteiger partial charge < -0.3 is 4.57 Å². The molecule has 0 bridgehead atoms. The van der Waals surface area contributed by atoms with E-state index in [9.17, 15) is 0 Å². The first kappa shape index (κ1) is 25.6. The van der Waals surface area contributed by atoms with Crippen molar-refractivity contribution in [2.24, 2.45) is 0 Å². The second kappa shape index (κ2) is 9.90. The van der Waals surface area contributed by atoms with E-state index in [4.69, 9.17) is 0 Å². The van der Waals surface area contributed by atoms with Crippen LogP contribution < -0.4 is 0 Å². The van der Waals surface area contributed by atoms with Gasteiger partial charge in [-0.3, -0.25) is 0 Å². The molecule has 10 aromatic rings. The number of benzene rings is 8. The summed E-state index contributed by atoms with van der Waals surface area (Å²) in [5.41, 5.74) is 8.55. The van der Waals surface area contributed by atoms with Gasteiger partial charge >= 0.3 is 0 Å². The topological polar surface area (TPSA) is 4.93 Å². The Kier molecular flexibility index (Phi) is 5.51. The summed E-state index contributed by atoms with van der Waals surface area (Å²) in [6.07, 6.45) is 0. The highest BCUT2D eigenvalue weighted by atomic mass is 32.1. The van der Waals surface area contributed by atoms with E-state index in [-0.39, 0.29) is 0 Å². The van der Waals surface area contributed by atoms with Gasteiger partial charge in [0.05, 0.1) is 15.7 Å². The van der Waals surface area contributed by atoms with Crippen molar-refractivity contribution in [2.75, 3.05) is 0 Å². The minimum atomic E-state index is 1.17. The second-order valence-corrected chi connectivity index (χ2v) is 13.1. The van der Waals surface area contributed by atoms with E-state index in [0.717, 1.165) is 0 Å². The Morgan fingerprint density at radius 1 is 0.370 bits per heavy atom. The summed E-state index contributed by atoms with van der Waals surface area (Å²) in [7, 11) is 0. The Bertz CT molecular complexity index is 2730. The summed E-state index contributed by atoms with van der Waals surface area (Å²) in [6, 6.07) is 60.1. The lowest BCUT2D eigenvalue weighted by molar-refractivity contribution is 1.20. The molecule has 0 amide bonds. The fourth-order valence-corrected chi connectivity index (χ4v) is 8.79. The molecule has 0 aliphatic heterocycles. The normalized spacial score (nSPS) is 11.9. The molecular formula is C44H27NS. The van der Waals surface area contributed by atoms with Crippen molar-refractivity contribution in [1.29, 1.82) is 0 Å². The van der Waals surface area contributed by atoms with Crippen LogP contribution in [0.3, 0.4) is 0 Å². The zero-order valence-electron chi connectivity index (χ0n) is 24.9. The highest BCUT2D eigenvalue weighted by Crippen LogP contribution is 2.49. The third-order valence-corrected chi connectivity index (χ3v) is 10.7. The largest absolute Gasteiger partial charge is 0.307 e. The first-order valence-corrected chi connectivity index (χ1v) is 16.6. The van der Waals surface area contributed by atoms with Crippen LogP contribution in [-0.4, -0.2) is 4.57 Å². The van der Waals surface area contributed by atoms with Gasteiger partial charge in [0.15, 0.2) is 0 Å². The lowest BCUT2D eigenvalue weighted by Gasteiger charge is -2.15. The minimum absolute atomic E-state index is 1.17. The maximum absolute atomic E-state index is 2.58. The molecule has 0 radical (unpaired) electrons. The van der Waals surface area contributed by atoms with Crippen LogP contribution in [0.25, 0.3) is 91.5 Å². The molecule has 2 heteroatoms. The highest BCUT2D eigenvalue weighted by Gasteiger charge is 2.23. The molecule has 10 rings (SSSR count). The number of nitrogens with zero attached hydrogens (tertiary/aromatic N) is 1. The van der Waals surface area contributed by atoms with Crippen LogP contribution in [0.2, 0.25) is 0 Å². The van der Waals surface area contributed by atoms with Gasteiger partial charge in [0.25, 0.3) is 0 Å². The monoisotopic (exact) mass is 601 g/mol. The van der Waals surface area contributed by atoms with E-state index >= 15 is 0 Å². The summed E-state index contributed by atoms with van der Waals surface area (Å²) in [4.78, 5) is 0. The Morgan fingerprint density at radius 2 is 0.935 bits per heavy atom. The van der Waals surface area contributed by atoms with Crippen molar-refractivity contribution >= 4 is 74.9 Å². The summed E-state index contributed by atoms with van der Waals surface area (Å²) >= 11 is 1.92. The van der Waals surface area contributed by atoms with Crippen LogP contribution in [0.4, 0.5) is 0 Å². The Hall–Kier alpha value is -5.70. The average Bonchev–Trinajstić information content (AvgIpc) is 3.70. The SMILES string of the molecule is c1ccc(-c2cc(-c3ccccc3)cc(-n3c4c5ccccc5ccc4c4c5ccccc5c5c6ccccc6sc5c43)c2)cc1. The number of rotatable bonds is 3. The molecule has 0 N–H and O–H groups in total. The maximum Gasteiger partial charge on any atom is 0.0726 e. The molecular weight excluding hydrogens is 575 g/mol. The number of fused-ring (bicyclic) bond motifs is 12. The standard InChI is InChI=1S/C44H27NS/c1-3-13-28(14-4-1)31-25-32(29-15-5-2-6-16-29)27-33(26-31)45-42-34-18-8-7-17-30(34)23-24-38(42)40-35-19-9-10-20-36(35)41-37-21-11-12-22-39(37)46-44(41)43(40)45/h1-27H. The third kappa shape index (κ3) is 3.68. The maximum atomic E-state index is 2.58. The Balaban J connectivity index is 1.47. The highest BCUT2D eigenvalue weighted by molar-refractivity contribution is 7.27. The van der Waals surface area contributed by atoms with Gasteiger partial charge in [0.1, 0.15) is 0 Å². The molecule has 0 aliphatic carbocycles. The number of hydrogen-bond acceptors (Lipinski definition) is 1. The lowest BCUT2D eigenvalue weighted by Crippen LogP contribution is -1.97. The van der Waals surface area contributed by atoms with E-state index in [1.807, 2.05) is 11.3 Å². The average molecular weight is 602 g/mol. The predicted octanol–water partition coefficient (Wildman–Crippen LogP) is 12.8. The number of hydrogen-bond donors (Lipinski definition) is 0. The quantitative estimate of drug-likeness (QED) is 0.190. The van der Waals surface area contributed by atoms with Gasteiger partial charge in [-0.1, -0.05) is 140 Å². The molecule has 0 saturated heterocycles. The summed E-state index contributed by atoms with van der Waals surface area (Å²) in [5.74, 6) is 0. The van der Waals surface area contributed by atoms with Crippen molar-refractivity contribution in [3.05, 3.63) is 164 Å². The zero-order valence-corrected chi connectivity index (χ0v) is 25.8. The molecule has 0 aliphatic rings. The molecule has 214 valence electrons. The van der Waals surface area contributed by atoms with Crippen molar-refractivity contribution in [3.63, 3.8) is 0 Å². The van der Waals surface area contributed by atoms with Gasteiger partial charge in [-0.2, -0.15) is 0 Å². The Morgan fingerprint density at radius 3 is 1.63 bits per heavy atom. The van der Waals surface area contributed by atoms with E-state index in [1.165, 1.54) is 91.5 Å². The lowest BCUT2D eigenvalue weighted by atomic mass is 9.97. The molecule has 2 heterocycles. The second-order valence-electron chi connectivity index (χ2n) is 12.1. The Labute approximate surface area is 270 Å². The number of thiophene rings is 1. The summed E-state index contributed by atoms with van der Waals surface area (Å²) in [6.45, 7) is 0. The fraction of sp³-hybridized carbons (Fsp3) is 0. The fourth-order valence-electron chi connectivity index (χ4n) is 7.53. The molecule has 0 unspecified atom stereocenters. The molecule has 1 nitrogen and oxygen atoms in total. The molecule has 0 atom stereocenters. The van der Waals surface area contributed by atoms with Crippen LogP contribution >= 0.6 is 11.3 Å². The molecule has 8 aromatic carbocycles. The van der Waals surface area contributed by atoms with Crippen LogP contribution in [-0.2, 0) is 0 Å². The zero-order chi connectivity index (χ0) is 30.2. The van der Waals surface area contributed by atoms with Crippen molar-refractivity contribution in [3.8, 4) is 27.9 Å².